The quantitative estimate of drug-likeness (QED) is 0.353. The standard InChI is InChI=1S/C28H33N5/c1-7-9-12-23(22-11-10-13-31-17-22)25-15-26(33-20(25)4)19(3)24-14-27(21(8-2)16-29-5)32-18-28(24)30-6/h7-12,14-18,30-31,33H,3,13H2,1-2,4-6H3/b9-7-,21-8+,23-12-,29-16?. The van der Waals surface area contributed by atoms with Crippen LogP contribution in [0.1, 0.15) is 42.1 Å². The van der Waals surface area contributed by atoms with Gasteiger partial charge in [0.2, 0.25) is 0 Å². The van der Waals surface area contributed by atoms with Gasteiger partial charge in [-0.15, -0.1) is 0 Å². The zero-order valence-electron chi connectivity index (χ0n) is 20.2. The van der Waals surface area contributed by atoms with Crippen molar-refractivity contribution in [2.45, 2.75) is 20.8 Å². The van der Waals surface area contributed by atoms with Crippen LogP contribution >= 0.6 is 0 Å². The number of allylic oxidation sites excluding steroid dienone is 8. The average Bonchev–Trinajstić information content (AvgIpc) is 3.23. The SMILES string of the molecule is C=C(c1cc(/C(=C\C=C/C)C2=CNCC=C2)c(C)[nH]1)c1cc(/C(C=NC)=C/C)ncc1NC. The molecule has 0 radical (unpaired) electrons. The number of H-pyrrole nitrogens is 1. The van der Waals surface area contributed by atoms with Crippen molar-refractivity contribution in [3.63, 3.8) is 0 Å². The molecule has 3 rings (SSSR count). The Hall–Kier alpha value is -3.86. The highest BCUT2D eigenvalue weighted by molar-refractivity contribution is 6.09. The van der Waals surface area contributed by atoms with E-state index in [4.69, 9.17) is 0 Å². The monoisotopic (exact) mass is 439 g/mol. The Balaban J connectivity index is 2.07. The smallest absolute Gasteiger partial charge is 0.0721 e. The number of nitrogens with zero attached hydrogens (tertiary/aromatic N) is 2. The molecule has 0 saturated carbocycles. The highest BCUT2D eigenvalue weighted by atomic mass is 14.9. The van der Waals surface area contributed by atoms with Crippen molar-refractivity contribution in [1.82, 2.24) is 15.3 Å². The molecule has 0 fully saturated rings. The van der Waals surface area contributed by atoms with E-state index in [1.54, 1.807) is 7.05 Å². The number of hydrogen-bond acceptors (Lipinski definition) is 4. The van der Waals surface area contributed by atoms with E-state index in [0.717, 1.165) is 62.7 Å². The molecule has 0 bridgehead atoms. The van der Waals surface area contributed by atoms with Crippen molar-refractivity contribution in [3.8, 4) is 0 Å². The van der Waals surface area contributed by atoms with Gasteiger partial charge >= 0.3 is 0 Å². The van der Waals surface area contributed by atoms with Crippen LogP contribution in [0.4, 0.5) is 5.69 Å². The fourth-order valence-electron chi connectivity index (χ4n) is 3.81. The number of hydrogen-bond donors (Lipinski definition) is 3. The van der Waals surface area contributed by atoms with Crippen molar-refractivity contribution in [2.75, 3.05) is 26.0 Å². The van der Waals surface area contributed by atoms with Crippen LogP contribution in [0.2, 0.25) is 0 Å². The number of nitrogens with one attached hydrogen (secondary N) is 3. The first-order valence-electron chi connectivity index (χ1n) is 11.1. The minimum absolute atomic E-state index is 0.850. The second-order valence-electron chi connectivity index (χ2n) is 7.71. The predicted molar refractivity (Wildman–Crippen MR) is 144 cm³/mol. The summed E-state index contributed by atoms with van der Waals surface area (Å²) in [6.45, 7) is 11.4. The summed E-state index contributed by atoms with van der Waals surface area (Å²) in [7, 11) is 3.66. The second-order valence-corrected chi connectivity index (χ2v) is 7.71. The number of aromatic nitrogens is 2. The first kappa shape index (κ1) is 23.8. The Morgan fingerprint density at radius 3 is 2.70 bits per heavy atom. The van der Waals surface area contributed by atoms with Gasteiger partial charge < -0.3 is 15.6 Å². The molecule has 1 aliphatic heterocycles. The van der Waals surface area contributed by atoms with Gasteiger partial charge in [0.05, 0.1) is 17.6 Å². The molecule has 170 valence electrons. The summed E-state index contributed by atoms with van der Waals surface area (Å²) in [6.07, 6.45) is 18.3. The summed E-state index contributed by atoms with van der Waals surface area (Å²) in [5.41, 5.74) is 10.2. The number of anilines is 1. The molecule has 0 aliphatic carbocycles. The largest absolute Gasteiger partial charge is 0.387 e. The van der Waals surface area contributed by atoms with Crippen LogP contribution in [0.3, 0.4) is 0 Å². The third kappa shape index (κ3) is 5.32. The van der Waals surface area contributed by atoms with Gasteiger partial charge in [0, 0.05) is 66.7 Å². The first-order valence-corrected chi connectivity index (χ1v) is 11.1. The van der Waals surface area contributed by atoms with Gasteiger partial charge in [-0.05, 0) is 44.1 Å². The highest BCUT2D eigenvalue weighted by Crippen LogP contribution is 2.34. The van der Waals surface area contributed by atoms with Gasteiger partial charge in [0.15, 0.2) is 0 Å². The number of aliphatic imine (C=N–C) groups is 1. The van der Waals surface area contributed by atoms with E-state index < -0.39 is 0 Å². The minimum atomic E-state index is 0.850. The summed E-state index contributed by atoms with van der Waals surface area (Å²) in [5.74, 6) is 0. The molecule has 5 heteroatoms. The number of aryl methyl sites for hydroxylation is 1. The van der Waals surface area contributed by atoms with Gasteiger partial charge in [-0.1, -0.05) is 43.0 Å². The topological polar surface area (TPSA) is 65.1 Å². The zero-order valence-corrected chi connectivity index (χ0v) is 20.2. The van der Waals surface area contributed by atoms with Crippen LogP contribution in [0.15, 0.2) is 78.1 Å². The molecular formula is C28H33N5. The number of pyridine rings is 1. The van der Waals surface area contributed by atoms with Crippen LogP contribution in [0, 0.1) is 6.92 Å². The predicted octanol–water partition coefficient (Wildman–Crippen LogP) is 5.93. The fourth-order valence-corrected chi connectivity index (χ4v) is 3.81. The Labute approximate surface area is 197 Å². The maximum absolute atomic E-state index is 4.61. The number of rotatable bonds is 8. The van der Waals surface area contributed by atoms with Gasteiger partial charge in [-0.2, -0.15) is 0 Å². The van der Waals surface area contributed by atoms with Crippen molar-refractivity contribution >= 4 is 28.6 Å². The first-order chi connectivity index (χ1) is 16.0. The lowest BCUT2D eigenvalue weighted by Gasteiger charge is -2.13. The lowest BCUT2D eigenvalue weighted by molar-refractivity contribution is 0.963. The maximum atomic E-state index is 4.61. The molecule has 0 saturated heterocycles. The summed E-state index contributed by atoms with van der Waals surface area (Å²) in [4.78, 5) is 12.3. The minimum Gasteiger partial charge on any atom is -0.387 e. The molecule has 5 nitrogen and oxygen atoms in total. The van der Waals surface area contributed by atoms with Crippen LogP contribution in [0.25, 0.3) is 16.7 Å². The van der Waals surface area contributed by atoms with Gasteiger partial charge in [0.25, 0.3) is 0 Å². The Morgan fingerprint density at radius 2 is 2.06 bits per heavy atom. The molecule has 1 aliphatic rings. The third-order valence-electron chi connectivity index (χ3n) is 5.56. The average molecular weight is 440 g/mol. The molecule has 3 heterocycles. The summed E-state index contributed by atoms with van der Waals surface area (Å²) in [6, 6.07) is 4.24. The van der Waals surface area contributed by atoms with E-state index in [1.165, 1.54) is 0 Å². The van der Waals surface area contributed by atoms with Crippen LogP contribution in [-0.4, -0.2) is 36.8 Å². The van der Waals surface area contributed by atoms with E-state index >= 15 is 0 Å². The number of aromatic amines is 1. The molecule has 2 aromatic heterocycles. The van der Waals surface area contributed by atoms with E-state index in [1.807, 2.05) is 45.5 Å². The van der Waals surface area contributed by atoms with Crippen molar-refractivity contribution < 1.29 is 0 Å². The van der Waals surface area contributed by atoms with E-state index in [-0.39, 0.29) is 0 Å². The Morgan fingerprint density at radius 1 is 1.24 bits per heavy atom. The van der Waals surface area contributed by atoms with E-state index in [0.29, 0.717) is 0 Å². The van der Waals surface area contributed by atoms with E-state index in [2.05, 4.69) is 81.7 Å². The number of dihydropyridines is 1. The zero-order chi connectivity index (χ0) is 23.8. The molecule has 0 unspecified atom stereocenters. The lowest BCUT2D eigenvalue weighted by Crippen LogP contribution is -2.09. The second kappa shape index (κ2) is 11.1. The molecular weight excluding hydrogens is 406 g/mol. The molecule has 3 N–H and O–H groups in total. The van der Waals surface area contributed by atoms with Gasteiger partial charge in [-0.25, -0.2) is 0 Å². The summed E-state index contributed by atoms with van der Waals surface area (Å²) < 4.78 is 0. The molecule has 2 aromatic rings. The molecule has 0 amide bonds. The summed E-state index contributed by atoms with van der Waals surface area (Å²) >= 11 is 0. The van der Waals surface area contributed by atoms with Crippen molar-refractivity contribution in [2.24, 2.45) is 4.99 Å². The van der Waals surface area contributed by atoms with Gasteiger partial charge in [0.1, 0.15) is 0 Å². The van der Waals surface area contributed by atoms with Gasteiger partial charge in [-0.3, -0.25) is 9.98 Å². The molecule has 0 atom stereocenters. The molecule has 0 aromatic carbocycles. The highest BCUT2D eigenvalue weighted by Gasteiger charge is 2.17. The summed E-state index contributed by atoms with van der Waals surface area (Å²) in [5, 5.41) is 6.56. The maximum Gasteiger partial charge on any atom is 0.0721 e. The lowest BCUT2D eigenvalue weighted by atomic mass is 9.95. The van der Waals surface area contributed by atoms with Crippen LogP contribution in [-0.2, 0) is 0 Å². The van der Waals surface area contributed by atoms with Crippen LogP contribution in [0.5, 0.6) is 0 Å². The Kier molecular flexibility index (Phi) is 8.03. The van der Waals surface area contributed by atoms with E-state index in [9.17, 15) is 0 Å². The third-order valence-corrected chi connectivity index (χ3v) is 5.56. The van der Waals surface area contributed by atoms with Crippen molar-refractivity contribution in [3.05, 3.63) is 101 Å². The Bertz CT molecular complexity index is 1200. The fraction of sp³-hybridized carbons (Fsp3) is 0.214. The normalized spacial score (nSPS) is 14.6. The molecule has 33 heavy (non-hydrogen) atoms. The van der Waals surface area contributed by atoms with Crippen LogP contribution < -0.4 is 10.6 Å². The van der Waals surface area contributed by atoms with Crippen molar-refractivity contribution in [1.29, 1.82) is 0 Å². The molecule has 0 spiro atoms.